The van der Waals surface area contributed by atoms with Crippen LogP contribution < -0.4 is 0 Å². The monoisotopic (exact) mass is 713 g/mol. The number of aromatic nitrogens is 2. The molecule has 8 rings (SSSR count). The van der Waals surface area contributed by atoms with Crippen LogP contribution in [0.4, 0.5) is 0 Å². The van der Waals surface area contributed by atoms with Crippen LogP contribution in [-0.2, 0) is 20.1 Å². The summed E-state index contributed by atoms with van der Waals surface area (Å²) in [5.74, 6) is 0. The minimum Gasteiger partial charge on any atom is -0.305 e. The van der Waals surface area contributed by atoms with Gasteiger partial charge in [0.2, 0.25) is 0 Å². The number of benzene rings is 5. The molecule has 189 valence electrons. The largest absolute Gasteiger partial charge is 0.305 e. The topological polar surface area (TPSA) is 25.8 Å². The van der Waals surface area contributed by atoms with E-state index >= 15 is 0 Å². The Morgan fingerprint density at radius 2 is 1.15 bits per heavy atom. The standard InChI is InChI=1S/C23H12NS2.C11H8N.Ir/c1-2-8-14(9-3-1)22-24-23-21(26-22)19-17-12-6-4-10-15(17)16-11-5-7-13-18(16)20(19)25-23;1-2-6-10(7-3-1)11-8-4-5-9-12-11;/h1-8,10-13H;1-6,8-9H;/q2*-1;. The molecule has 0 spiro atoms. The van der Waals surface area contributed by atoms with Gasteiger partial charge in [0.15, 0.2) is 0 Å². The van der Waals surface area contributed by atoms with Gasteiger partial charge in [-0.15, -0.1) is 83.1 Å². The van der Waals surface area contributed by atoms with E-state index in [4.69, 9.17) is 4.98 Å². The smallest absolute Gasteiger partial charge is 0.124 e. The van der Waals surface area contributed by atoms with Crippen molar-refractivity contribution >= 4 is 63.8 Å². The van der Waals surface area contributed by atoms with Crippen LogP contribution in [0.3, 0.4) is 0 Å². The summed E-state index contributed by atoms with van der Waals surface area (Å²) in [6.07, 6.45) is 1.79. The molecule has 39 heavy (non-hydrogen) atoms. The molecule has 0 amide bonds. The second kappa shape index (κ2) is 11.2. The Bertz CT molecular complexity index is 1940. The van der Waals surface area contributed by atoms with Gasteiger partial charge in [0.25, 0.3) is 0 Å². The van der Waals surface area contributed by atoms with Gasteiger partial charge >= 0.3 is 0 Å². The third-order valence-electron chi connectivity index (χ3n) is 6.50. The fraction of sp³-hybridized carbons (Fsp3) is 0. The summed E-state index contributed by atoms with van der Waals surface area (Å²) in [4.78, 5) is 10.3. The molecule has 1 radical (unpaired) electrons. The average molecular weight is 713 g/mol. The van der Waals surface area contributed by atoms with Crippen molar-refractivity contribution in [3.05, 3.63) is 134 Å². The maximum Gasteiger partial charge on any atom is 0.124 e. The van der Waals surface area contributed by atoms with E-state index < -0.39 is 0 Å². The first-order valence-corrected chi connectivity index (χ1v) is 14.0. The SMILES string of the molecule is [Ir].[c-]1ccccc1-c1ccccn1.[c-]1ccccc1-c1nc2sc3c4ccccc4c4ccccc4c3c2s1. The second-order valence-corrected chi connectivity index (χ2v) is 10.8. The summed E-state index contributed by atoms with van der Waals surface area (Å²) >= 11 is 3.58. The van der Waals surface area contributed by atoms with Gasteiger partial charge < -0.3 is 4.98 Å². The van der Waals surface area contributed by atoms with Crippen molar-refractivity contribution in [3.8, 4) is 21.8 Å². The van der Waals surface area contributed by atoms with Crippen LogP contribution >= 0.6 is 22.7 Å². The normalized spacial score (nSPS) is 10.9. The van der Waals surface area contributed by atoms with Crippen molar-refractivity contribution in [3.63, 3.8) is 0 Å². The van der Waals surface area contributed by atoms with Crippen molar-refractivity contribution < 1.29 is 20.1 Å². The molecule has 3 aromatic heterocycles. The van der Waals surface area contributed by atoms with E-state index in [1.807, 2.05) is 60.7 Å². The summed E-state index contributed by atoms with van der Waals surface area (Å²) in [6.45, 7) is 0. The molecule has 5 aromatic carbocycles. The number of fused-ring (bicyclic) bond motifs is 8. The first kappa shape index (κ1) is 25.5. The Morgan fingerprint density at radius 1 is 0.538 bits per heavy atom. The van der Waals surface area contributed by atoms with E-state index in [0.29, 0.717) is 0 Å². The van der Waals surface area contributed by atoms with Gasteiger partial charge in [-0.1, -0.05) is 60.7 Å². The average Bonchev–Trinajstić information content (AvgIpc) is 3.58. The number of nitrogens with zero attached hydrogens (tertiary/aromatic N) is 2. The van der Waals surface area contributed by atoms with Gasteiger partial charge in [0.05, 0.1) is 4.70 Å². The third kappa shape index (κ3) is 4.79. The van der Waals surface area contributed by atoms with Crippen LogP contribution in [0.25, 0.3) is 63.0 Å². The van der Waals surface area contributed by atoms with E-state index in [1.54, 1.807) is 28.9 Å². The van der Waals surface area contributed by atoms with Gasteiger partial charge in [-0.05, 0) is 27.9 Å². The minimum absolute atomic E-state index is 0. The molecule has 0 aliphatic carbocycles. The number of hydrogen-bond donors (Lipinski definition) is 0. The minimum atomic E-state index is 0. The van der Waals surface area contributed by atoms with Gasteiger partial charge in [-0.3, -0.25) is 4.98 Å². The summed E-state index contributed by atoms with van der Waals surface area (Å²) in [7, 11) is 0. The number of thiazole rings is 1. The molecule has 2 nitrogen and oxygen atoms in total. The van der Waals surface area contributed by atoms with E-state index in [0.717, 1.165) is 26.7 Å². The molecule has 3 heterocycles. The Labute approximate surface area is 248 Å². The zero-order chi connectivity index (χ0) is 25.3. The molecule has 5 heteroatoms. The molecular weight excluding hydrogens is 693 g/mol. The Morgan fingerprint density at radius 3 is 1.82 bits per heavy atom. The molecule has 0 N–H and O–H groups in total. The number of pyridine rings is 1. The fourth-order valence-electron chi connectivity index (χ4n) is 4.79. The van der Waals surface area contributed by atoms with E-state index in [1.165, 1.54) is 36.3 Å². The number of hydrogen-bond acceptors (Lipinski definition) is 4. The molecule has 0 fully saturated rings. The predicted molar refractivity (Wildman–Crippen MR) is 163 cm³/mol. The molecule has 0 atom stereocenters. The zero-order valence-electron chi connectivity index (χ0n) is 20.6. The molecule has 0 aliphatic heterocycles. The zero-order valence-corrected chi connectivity index (χ0v) is 24.6. The fourth-order valence-corrected chi connectivity index (χ4v) is 7.30. The molecule has 0 bridgehead atoms. The van der Waals surface area contributed by atoms with Gasteiger partial charge in [0.1, 0.15) is 4.83 Å². The third-order valence-corrected chi connectivity index (χ3v) is 8.85. The Balaban J connectivity index is 0.000000180. The predicted octanol–water partition coefficient (Wildman–Crippen LogP) is 9.83. The number of rotatable bonds is 2. The van der Waals surface area contributed by atoms with Crippen molar-refractivity contribution in [1.82, 2.24) is 9.97 Å². The Hall–Kier alpha value is -3.73. The maximum atomic E-state index is 4.94. The van der Waals surface area contributed by atoms with Crippen molar-refractivity contribution in [1.29, 1.82) is 0 Å². The molecular formula is C34H20IrN2S2-2. The number of thiophene rings is 1. The van der Waals surface area contributed by atoms with Crippen molar-refractivity contribution in [2.45, 2.75) is 0 Å². The summed E-state index contributed by atoms with van der Waals surface area (Å²) < 4.78 is 2.64. The molecule has 0 unspecified atom stereocenters. The van der Waals surface area contributed by atoms with E-state index in [-0.39, 0.29) is 20.1 Å². The summed E-state index contributed by atoms with van der Waals surface area (Å²) in [5.41, 5.74) is 3.08. The summed E-state index contributed by atoms with van der Waals surface area (Å²) in [5, 5.41) is 7.67. The van der Waals surface area contributed by atoms with E-state index in [9.17, 15) is 0 Å². The first-order valence-electron chi connectivity index (χ1n) is 12.3. The van der Waals surface area contributed by atoms with E-state index in [2.05, 4.69) is 71.7 Å². The van der Waals surface area contributed by atoms with Crippen LogP contribution in [-0.4, -0.2) is 9.97 Å². The molecule has 8 aromatic rings. The van der Waals surface area contributed by atoms with Crippen molar-refractivity contribution in [2.24, 2.45) is 0 Å². The first-order chi connectivity index (χ1) is 18.9. The van der Waals surface area contributed by atoms with Crippen molar-refractivity contribution in [2.75, 3.05) is 0 Å². The van der Waals surface area contributed by atoms with Crippen LogP contribution in [0.2, 0.25) is 0 Å². The van der Waals surface area contributed by atoms with Gasteiger partial charge in [0, 0.05) is 46.8 Å². The maximum absolute atomic E-state index is 4.94. The second-order valence-electron chi connectivity index (χ2n) is 8.82. The molecule has 0 saturated carbocycles. The molecule has 0 aliphatic rings. The Kier molecular flexibility index (Phi) is 7.32. The molecule has 0 saturated heterocycles. The van der Waals surface area contributed by atoms with Crippen LogP contribution in [0, 0.1) is 12.1 Å². The van der Waals surface area contributed by atoms with Crippen LogP contribution in [0.15, 0.2) is 121 Å². The van der Waals surface area contributed by atoms with Gasteiger partial charge in [-0.25, -0.2) is 0 Å². The van der Waals surface area contributed by atoms with Crippen LogP contribution in [0.5, 0.6) is 0 Å². The van der Waals surface area contributed by atoms with Gasteiger partial charge in [-0.2, -0.15) is 11.3 Å². The van der Waals surface area contributed by atoms with Crippen LogP contribution in [0.1, 0.15) is 0 Å². The quantitative estimate of drug-likeness (QED) is 0.132. The summed E-state index contributed by atoms with van der Waals surface area (Å²) in [6, 6.07) is 45.6.